The SMILES string of the molecule is Cc1oc(CSc2nnc(N)s2)cc1C(=O)O. The Morgan fingerprint density at radius 2 is 2.41 bits per heavy atom. The third-order valence-corrected chi connectivity index (χ3v) is 3.87. The van der Waals surface area contributed by atoms with Crippen molar-refractivity contribution in [2.75, 3.05) is 5.73 Å². The van der Waals surface area contributed by atoms with Crippen LogP contribution in [0.25, 0.3) is 0 Å². The molecule has 0 saturated carbocycles. The minimum atomic E-state index is -0.984. The molecule has 0 aliphatic heterocycles. The number of carboxylic acid groups (broad SMARTS) is 1. The summed E-state index contributed by atoms with van der Waals surface area (Å²) in [4.78, 5) is 10.8. The van der Waals surface area contributed by atoms with Gasteiger partial charge in [-0.25, -0.2) is 4.79 Å². The molecule has 0 saturated heterocycles. The van der Waals surface area contributed by atoms with Crippen molar-refractivity contribution in [3.63, 3.8) is 0 Å². The Morgan fingerprint density at radius 3 is 2.94 bits per heavy atom. The van der Waals surface area contributed by atoms with E-state index in [1.54, 1.807) is 6.92 Å². The van der Waals surface area contributed by atoms with Crippen molar-refractivity contribution in [3.05, 3.63) is 23.2 Å². The van der Waals surface area contributed by atoms with Crippen LogP contribution in [0.4, 0.5) is 5.13 Å². The van der Waals surface area contributed by atoms with E-state index in [1.807, 2.05) is 0 Å². The highest BCUT2D eigenvalue weighted by atomic mass is 32.2. The summed E-state index contributed by atoms with van der Waals surface area (Å²) in [5, 5.41) is 16.8. The van der Waals surface area contributed by atoms with E-state index in [1.165, 1.54) is 29.2 Å². The molecule has 6 nitrogen and oxygen atoms in total. The highest BCUT2D eigenvalue weighted by Crippen LogP contribution is 2.28. The monoisotopic (exact) mass is 271 g/mol. The van der Waals surface area contributed by atoms with Gasteiger partial charge in [-0.15, -0.1) is 10.2 Å². The summed E-state index contributed by atoms with van der Waals surface area (Å²) in [6.45, 7) is 1.63. The first kappa shape index (κ1) is 11.9. The Bertz CT molecular complexity index is 549. The molecular weight excluding hydrogens is 262 g/mol. The van der Waals surface area contributed by atoms with E-state index in [9.17, 15) is 4.79 Å². The standard InChI is InChI=1S/C9H9N3O3S2/c1-4-6(7(13)14)2-5(15-4)3-16-9-12-11-8(10)17-9/h2H,3H2,1H3,(H2,10,11)(H,13,14). The van der Waals surface area contributed by atoms with Crippen LogP contribution in [-0.2, 0) is 5.75 Å². The molecule has 2 aromatic rings. The molecule has 0 aliphatic rings. The molecule has 2 aromatic heterocycles. The second-order valence-electron chi connectivity index (χ2n) is 3.18. The topological polar surface area (TPSA) is 102 Å². The minimum Gasteiger partial charge on any atom is -0.478 e. The van der Waals surface area contributed by atoms with E-state index in [0.717, 1.165) is 4.34 Å². The zero-order valence-corrected chi connectivity index (χ0v) is 10.5. The lowest BCUT2D eigenvalue weighted by molar-refractivity contribution is 0.0695. The van der Waals surface area contributed by atoms with Gasteiger partial charge in [0.15, 0.2) is 4.34 Å². The molecule has 3 N–H and O–H groups in total. The number of nitrogens with zero attached hydrogens (tertiary/aromatic N) is 2. The van der Waals surface area contributed by atoms with E-state index in [2.05, 4.69) is 10.2 Å². The van der Waals surface area contributed by atoms with Crippen molar-refractivity contribution >= 4 is 34.2 Å². The predicted octanol–water partition coefficient (Wildman–Crippen LogP) is 2.01. The summed E-state index contributed by atoms with van der Waals surface area (Å²) in [5.74, 6) is 0.522. The number of furan rings is 1. The Hall–Kier alpha value is -1.54. The number of rotatable bonds is 4. The van der Waals surface area contributed by atoms with Crippen LogP contribution in [0.5, 0.6) is 0 Å². The number of nitrogens with two attached hydrogens (primary N) is 1. The van der Waals surface area contributed by atoms with Gasteiger partial charge < -0.3 is 15.3 Å². The minimum absolute atomic E-state index is 0.192. The molecule has 17 heavy (non-hydrogen) atoms. The summed E-state index contributed by atoms with van der Waals surface area (Å²) < 4.78 is 6.06. The Kier molecular flexibility index (Phi) is 3.34. The number of carboxylic acids is 1. The number of thioether (sulfide) groups is 1. The quantitative estimate of drug-likeness (QED) is 0.820. The van der Waals surface area contributed by atoms with E-state index < -0.39 is 5.97 Å². The largest absolute Gasteiger partial charge is 0.478 e. The normalized spacial score (nSPS) is 10.6. The summed E-state index contributed by atoms with van der Waals surface area (Å²) >= 11 is 2.69. The van der Waals surface area contributed by atoms with Gasteiger partial charge in [-0.3, -0.25) is 0 Å². The van der Waals surface area contributed by atoms with Gasteiger partial charge in [0.2, 0.25) is 5.13 Å². The van der Waals surface area contributed by atoms with Crippen LogP contribution in [0.2, 0.25) is 0 Å². The smallest absolute Gasteiger partial charge is 0.339 e. The molecule has 0 unspecified atom stereocenters. The summed E-state index contributed by atoms with van der Waals surface area (Å²) in [7, 11) is 0. The number of hydrogen-bond donors (Lipinski definition) is 2. The van der Waals surface area contributed by atoms with Crippen LogP contribution in [0, 0.1) is 6.92 Å². The average Bonchev–Trinajstić information content (AvgIpc) is 2.82. The summed E-state index contributed by atoms with van der Waals surface area (Å²) in [5.41, 5.74) is 5.64. The van der Waals surface area contributed by atoms with Crippen molar-refractivity contribution < 1.29 is 14.3 Å². The van der Waals surface area contributed by atoms with Crippen molar-refractivity contribution in [2.24, 2.45) is 0 Å². The van der Waals surface area contributed by atoms with E-state index in [-0.39, 0.29) is 5.56 Å². The molecule has 0 atom stereocenters. The third-order valence-electron chi connectivity index (χ3n) is 1.96. The number of aromatic nitrogens is 2. The molecule has 90 valence electrons. The van der Waals surface area contributed by atoms with Gasteiger partial charge in [0.05, 0.1) is 5.75 Å². The Morgan fingerprint density at radius 1 is 1.65 bits per heavy atom. The molecular formula is C9H9N3O3S2. The summed E-state index contributed by atoms with van der Waals surface area (Å²) in [6.07, 6.45) is 0. The van der Waals surface area contributed by atoms with Gasteiger partial charge in [-0.2, -0.15) is 0 Å². The molecule has 8 heteroatoms. The first-order valence-corrected chi connectivity index (χ1v) is 6.41. The number of anilines is 1. The second kappa shape index (κ2) is 4.76. The average molecular weight is 271 g/mol. The number of nitrogen functional groups attached to an aromatic ring is 1. The third kappa shape index (κ3) is 2.77. The number of aromatic carboxylic acids is 1. The van der Waals surface area contributed by atoms with E-state index in [4.69, 9.17) is 15.3 Å². The zero-order valence-electron chi connectivity index (χ0n) is 8.84. The maximum atomic E-state index is 10.8. The van der Waals surface area contributed by atoms with Gasteiger partial charge in [0.1, 0.15) is 17.1 Å². The maximum absolute atomic E-state index is 10.8. The molecule has 0 fully saturated rings. The highest BCUT2D eigenvalue weighted by molar-refractivity contribution is 8.00. The first-order chi connectivity index (χ1) is 8.06. The number of hydrogen-bond acceptors (Lipinski definition) is 7. The number of carbonyl (C=O) groups is 1. The van der Waals surface area contributed by atoms with Gasteiger partial charge in [-0.05, 0) is 13.0 Å². The molecule has 0 bridgehead atoms. The zero-order chi connectivity index (χ0) is 12.4. The lowest BCUT2D eigenvalue weighted by Crippen LogP contribution is -1.94. The van der Waals surface area contributed by atoms with E-state index >= 15 is 0 Å². The van der Waals surface area contributed by atoms with Crippen molar-refractivity contribution in [2.45, 2.75) is 17.0 Å². The van der Waals surface area contributed by atoms with Crippen LogP contribution in [0.1, 0.15) is 21.9 Å². The van der Waals surface area contributed by atoms with Crippen molar-refractivity contribution in [1.29, 1.82) is 0 Å². The Labute approximate surface area is 105 Å². The van der Waals surface area contributed by atoms with E-state index in [0.29, 0.717) is 22.4 Å². The molecule has 2 rings (SSSR count). The summed E-state index contributed by atoms with van der Waals surface area (Å²) in [6, 6.07) is 1.52. The lowest BCUT2D eigenvalue weighted by Gasteiger charge is -1.91. The second-order valence-corrected chi connectivity index (χ2v) is 5.41. The Balaban J connectivity index is 2.04. The fourth-order valence-electron chi connectivity index (χ4n) is 1.24. The van der Waals surface area contributed by atoms with Gasteiger partial charge in [-0.1, -0.05) is 23.1 Å². The van der Waals surface area contributed by atoms with Crippen LogP contribution < -0.4 is 5.73 Å². The van der Waals surface area contributed by atoms with Crippen molar-refractivity contribution in [3.8, 4) is 0 Å². The van der Waals surface area contributed by atoms with Crippen LogP contribution in [0.3, 0.4) is 0 Å². The van der Waals surface area contributed by atoms with Crippen LogP contribution >= 0.6 is 23.1 Å². The molecule has 0 aliphatic carbocycles. The number of aryl methyl sites for hydroxylation is 1. The first-order valence-electron chi connectivity index (χ1n) is 4.60. The van der Waals surface area contributed by atoms with Gasteiger partial charge in [0.25, 0.3) is 0 Å². The molecule has 0 spiro atoms. The molecule has 0 amide bonds. The van der Waals surface area contributed by atoms with Gasteiger partial charge >= 0.3 is 5.97 Å². The molecule has 2 heterocycles. The fraction of sp³-hybridized carbons (Fsp3) is 0.222. The van der Waals surface area contributed by atoms with Crippen LogP contribution in [0.15, 0.2) is 14.8 Å². The highest BCUT2D eigenvalue weighted by Gasteiger charge is 2.14. The maximum Gasteiger partial charge on any atom is 0.339 e. The lowest BCUT2D eigenvalue weighted by atomic mass is 10.2. The van der Waals surface area contributed by atoms with Crippen LogP contribution in [-0.4, -0.2) is 21.3 Å². The van der Waals surface area contributed by atoms with Crippen molar-refractivity contribution in [1.82, 2.24) is 10.2 Å². The molecule has 0 aromatic carbocycles. The van der Waals surface area contributed by atoms with Gasteiger partial charge in [0, 0.05) is 0 Å². The predicted molar refractivity (Wildman–Crippen MR) is 64.3 cm³/mol. The fourth-order valence-corrected chi connectivity index (χ4v) is 2.76. The molecule has 0 radical (unpaired) electrons.